The van der Waals surface area contributed by atoms with E-state index in [9.17, 15) is 14.2 Å². The predicted molar refractivity (Wildman–Crippen MR) is 107 cm³/mol. The lowest BCUT2D eigenvalue weighted by atomic mass is 10.1. The largest absolute Gasteiger partial charge is 0.480 e. The van der Waals surface area contributed by atoms with Crippen LogP contribution in [0.15, 0.2) is 41.3 Å². The number of hydrogen-bond acceptors (Lipinski definition) is 9. The molecule has 3 atom stereocenters. The van der Waals surface area contributed by atoms with Gasteiger partial charge in [0.25, 0.3) is 0 Å². The van der Waals surface area contributed by atoms with Gasteiger partial charge < -0.3 is 25.4 Å². The molecule has 1 aromatic carbocycles. The Hall–Kier alpha value is -2.72. The number of carboxylic acid groups (broad SMARTS) is 1. The molecule has 1 aliphatic heterocycles. The van der Waals surface area contributed by atoms with E-state index in [1.165, 1.54) is 16.8 Å². The van der Waals surface area contributed by atoms with Crippen molar-refractivity contribution in [3.8, 4) is 5.75 Å². The number of hydrogen-bond donors (Lipinski definition) is 3. The van der Waals surface area contributed by atoms with E-state index in [4.69, 9.17) is 24.6 Å². The molecule has 1 saturated heterocycles. The topological polar surface area (TPSA) is 155 Å². The molecule has 0 saturated carbocycles. The summed E-state index contributed by atoms with van der Waals surface area (Å²) in [7, 11) is -1.93. The SMILES string of the molecule is CN[C@H](Cc1ccc(OP2(=O)CO[C@@H](Cn3ccc(N)nc3=O)CO2)cc1)C(=O)O. The van der Waals surface area contributed by atoms with Gasteiger partial charge in [0.15, 0.2) is 6.35 Å². The number of nitrogens with two attached hydrogens (primary N) is 1. The van der Waals surface area contributed by atoms with E-state index in [1.807, 2.05) is 0 Å². The van der Waals surface area contributed by atoms with Crippen molar-refractivity contribution in [2.75, 3.05) is 25.7 Å². The molecule has 2 aromatic rings. The number of ether oxygens (including phenoxy) is 1. The maximum absolute atomic E-state index is 12.8. The summed E-state index contributed by atoms with van der Waals surface area (Å²) >= 11 is 0. The van der Waals surface area contributed by atoms with Gasteiger partial charge in [-0.15, -0.1) is 0 Å². The Morgan fingerprint density at radius 1 is 1.43 bits per heavy atom. The minimum Gasteiger partial charge on any atom is -0.480 e. The van der Waals surface area contributed by atoms with Gasteiger partial charge in [0, 0.05) is 6.20 Å². The second-order valence-electron chi connectivity index (χ2n) is 6.73. The molecule has 11 nitrogen and oxygen atoms in total. The zero-order chi connectivity index (χ0) is 21.7. The second-order valence-corrected chi connectivity index (χ2v) is 8.65. The third-order valence-corrected chi connectivity index (χ3v) is 5.97. The summed E-state index contributed by atoms with van der Waals surface area (Å²) in [6.45, 7) is 0.158. The second kappa shape index (κ2) is 9.40. The Morgan fingerprint density at radius 3 is 2.73 bits per heavy atom. The van der Waals surface area contributed by atoms with Crippen molar-refractivity contribution in [2.24, 2.45) is 0 Å². The molecule has 2 heterocycles. The number of nitrogens with one attached hydrogen (secondary N) is 1. The third-order valence-electron chi connectivity index (χ3n) is 4.48. The van der Waals surface area contributed by atoms with Gasteiger partial charge in [-0.25, -0.2) is 9.36 Å². The van der Waals surface area contributed by atoms with Gasteiger partial charge in [-0.3, -0.25) is 13.9 Å². The van der Waals surface area contributed by atoms with E-state index in [-0.39, 0.29) is 25.3 Å². The maximum atomic E-state index is 12.8. The van der Waals surface area contributed by atoms with E-state index in [1.54, 1.807) is 31.3 Å². The van der Waals surface area contributed by atoms with Crippen LogP contribution in [0, 0.1) is 0 Å². The number of aliphatic carboxylic acids is 1. The number of carboxylic acids is 1. The molecular weight excluding hydrogens is 415 g/mol. The average Bonchev–Trinajstić information content (AvgIpc) is 2.71. The van der Waals surface area contributed by atoms with Crippen molar-refractivity contribution in [2.45, 2.75) is 25.1 Å². The normalized spacial score (nSPS) is 22.4. The summed E-state index contributed by atoms with van der Waals surface area (Å²) in [6, 6.07) is 7.38. The van der Waals surface area contributed by atoms with Crippen LogP contribution in [0.4, 0.5) is 5.82 Å². The highest BCUT2D eigenvalue weighted by Crippen LogP contribution is 2.50. The summed E-state index contributed by atoms with van der Waals surface area (Å²) in [5.41, 5.74) is 5.74. The van der Waals surface area contributed by atoms with Crippen molar-refractivity contribution in [1.82, 2.24) is 14.9 Å². The fourth-order valence-corrected chi connectivity index (χ4v) is 4.24. The summed E-state index contributed by atoms with van der Waals surface area (Å²) in [5, 5.41) is 11.8. The predicted octanol–water partition coefficient (Wildman–Crippen LogP) is 0.686. The summed E-state index contributed by atoms with van der Waals surface area (Å²) in [5.74, 6) is -0.494. The molecule has 0 spiro atoms. The van der Waals surface area contributed by atoms with Crippen LogP contribution < -0.4 is 21.3 Å². The summed E-state index contributed by atoms with van der Waals surface area (Å²) < 4.78 is 30.6. The molecule has 0 aliphatic carbocycles. The molecular formula is C18H23N4O7P. The Balaban J connectivity index is 1.54. The first-order valence-electron chi connectivity index (χ1n) is 9.15. The average molecular weight is 438 g/mol. The summed E-state index contributed by atoms with van der Waals surface area (Å²) in [4.78, 5) is 26.5. The van der Waals surface area contributed by atoms with Gasteiger partial charge in [-0.05, 0) is 37.2 Å². The number of aromatic nitrogens is 2. The number of rotatable bonds is 8. The minimum atomic E-state index is -3.51. The molecule has 12 heteroatoms. The van der Waals surface area contributed by atoms with E-state index in [0.29, 0.717) is 12.2 Å². The smallest absolute Gasteiger partial charge is 0.404 e. The fourth-order valence-electron chi connectivity index (χ4n) is 2.83. The van der Waals surface area contributed by atoms with Crippen LogP contribution in [0.2, 0.25) is 0 Å². The maximum Gasteiger partial charge on any atom is 0.404 e. The van der Waals surface area contributed by atoms with Crippen LogP contribution in [0.25, 0.3) is 0 Å². The van der Waals surface area contributed by atoms with Crippen molar-refractivity contribution in [3.63, 3.8) is 0 Å². The molecule has 0 bridgehead atoms. The summed E-state index contributed by atoms with van der Waals surface area (Å²) in [6.07, 6.45) is 1.04. The molecule has 162 valence electrons. The Labute approximate surface area is 172 Å². The van der Waals surface area contributed by atoms with Gasteiger partial charge in [0.1, 0.15) is 23.7 Å². The highest BCUT2D eigenvalue weighted by molar-refractivity contribution is 7.54. The number of nitrogen functional groups attached to an aromatic ring is 1. The van der Waals surface area contributed by atoms with E-state index in [2.05, 4.69) is 10.3 Å². The first-order valence-corrected chi connectivity index (χ1v) is 10.9. The lowest BCUT2D eigenvalue weighted by Crippen LogP contribution is -2.35. The van der Waals surface area contributed by atoms with Crippen LogP contribution in [-0.4, -0.2) is 52.8 Å². The first kappa shape index (κ1) is 22.0. The number of benzene rings is 1. The molecule has 0 radical (unpaired) electrons. The third kappa shape index (κ3) is 5.67. The zero-order valence-electron chi connectivity index (χ0n) is 16.3. The zero-order valence-corrected chi connectivity index (χ0v) is 17.2. The van der Waals surface area contributed by atoms with Gasteiger partial charge in [0.05, 0.1) is 13.2 Å². The molecule has 4 N–H and O–H groups in total. The number of carbonyl (C=O) groups is 1. The molecule has 1 fully saturated rings. The van der Waals surface area contributed by atoms with Gasteiger partial charge in [-0.2, -0.15) is 4.98 Å². The van der Waals surface area contributed by atoms with Crippen molar-refractivity contribution < 1.29 is 28.3 Å². The van der Waals surface area contributed by atoms with E-state index < -0.39 is 31.4 Å². The lowest BCUT2D eigenvalue weighted by Gasteiger charge is -2.29. The Morgan fingerprint density at radius 2 is 2.17 bits per heavy atom. The molecule has 3 rings (SSSR count). The number of nitrogens with zero attached hydrogens (tertiary/aromatic N) is 2. The van der Waals surface area contributed by atoms with Crippen LogP contribution in [-0.2, 0) is 31.6 Å². The minimum absolute atomic E-state index is 0.0192. The molecule has 1 aromatic heterocycles. The van der Waals surface area contributed by atoms with Crippen LogP contribution in [0.5, 0.6) is 5.75 Å². The molecule has 0 amide bonds. The Kier molecular flexibility index (Phi) is 6.88. The molecule has 1 aliphatic rings. The first-order chi connectivity index (χ1) is 14.3. The van der Waals surface area contributed by atoms with E-state index >= 15 is 0 Å². The Bertz CT molecular complexity index is 983. The monoisotopic (exact) mass is 438 g/mol. The number of anilines is 1. The van der Waals surface area contributed by atoms with Crippen molar-refractivity contribution >= 4 is 19.4 Å². The quantitative estimate of drug-likeness (QED) is 0.501. The van der Waals surface area contributed by atoms with Gasteiger partial charge >= 0.3 is 19.3 Å². The van der Waals surface area contributed by atoms with E-state index in [0.717, 1.165) is 5.56 Å². The van der Waals surface area contributed by atoms with Crippen LogP contribution >= 0.6 is 7.60 Å². The highest BCUT2D eigenvalue weighted by Gasteiger charge is 2.34. The van der Waals surface area contributed by atoms with Gasteiger partial charge in [-0.1, -0.05) is 12.1 Å². The van der Waals surface area contributed by atoms with Gasteiger partial charge in [0.2, 0.25) is 0 Å². The fraction of sp³-hybridized carbons (Fsp3) is 0.389. The highest BCUT2D eigenvalue weighted by atomic mass is 31.2. The standard InChI is InChI=1S/C18H23N4O7P/c1-20-15(17(23)24)8-12-2-4-13(5-3-12)29-30(26)11-27-14(10-28-30)9-22-7-6-16(19)21-18(22)25/h2-7,14-15,20H,8-11H2,1H3,(H,23,24)(H2,19,21,25)/t14-,15+,30?/m0/s1. The molecule has 1 unspecified atom stereocenters. The molecule has 30 heavy (non-hydrogen) atoms. The lowest BCUT2D eigenvalue weighted by molar-refractivity contribution is -0.139. The number of likely N-dealkylation sites (N-methyl/N-ethyl adjacent to an activating group) is 1. The van der Waals surface area contributed by atoms with Crippen molar-refractivity contribution in [3.05, 3.63) is 52.6 Å². The van der Waals surface area contributed by atoms with Crippen molar-refractivity contribution in [1.29, 1.82) is 0 Å². The van der Waals surface area contributed by atoms with Crippen LogP contribution in [0.1, 0.15) is 5.56 Å². The van der Waals surface area contributed by atoms with Crippen LogP contribution in [0.3, 0.4) is 0 Å².